The van der Waals surface area contributed by atoms with Gasteiger partial charge < -0.3 is 10.1 Å². The van der Waals surface area contributed by atoms with Crippen LogP contribution in [-0.4, -0.2) is 17.1 Å². The Kier molecular flexibility index (Phi) is 4.47. The molecule has 0 saturated carbocycles. The van der Waals surface area contributed by atoms with Crippen LogP contribution in [0.5, 0.6) is 5.75 Å². The van der Waals surface area contributed by atoms with E-state index in [1.54, 1.807) is 13.3 Å². The number of nitrogens with one attached hydrogen (secondary N) is 1. The first-order valence-corrected chi connectivity index (χ1v) is 6.32. The fourth-order valence-corrected chi connectivity index (χ4v) is 1.97. The van der Waals surface area contributed by atoms with Gasteiger partial charge in [0, 0.05) is 24.8 Å². The van der Waals surface area contributed by atoms with Gasteiger partial charge in [-0.3, -0.25) is 0 Å². The molecule has 0 amide bonds. The molecule has 4 heteroatoms. The second-order valence-corrected chi connectivity index (χ2v) is 4.51. The largest absolute Gasteiger partial charge is 0.496 e. The average molecular weight is 257 g/mol. The molecule has 4 nitrogen and oxygen atoms in total. The van der Waals surface area contributed by atoms with E-state index in [1.165, 1.54) is 5.56 Å². The van der Waals surface area contributed by atoms with Gasteiger partial charge in [0.2, 0.25) is 0 Å². The summed E-state index contributed by atoms with van der Waals surface area (Å²) in [4.78, 5) is 8.45. The van der Waals surface area contributed by atoms with E-state index in [9.17, 15) is 0 Å². The van der Waals surface area contributed by atoms with E-state index in [4.69, 9.17) is 4.74 Å². The maximum atomic E-state index is 5.36. The minimum atomic E-state index is 0.723. The number of benzene rings is 1. The molecule has 0 aliphatic carbocycles. The zero-order chi connectivity index (χ0) is 13.7. The number of aryl methyl sites for hydroxylation is 2. The summed E-state index contributed by atoms with van der Waals surface area (Å²) < 4.78 is 5.36. The van der Waals surface area contributed by atoms with E-state index in [1.807, 2.05) is 19.1 Å². The summed E-state index contributed by atoms with van der Waals surface area (Å²) in [5.41, 5.74) is 3.39. The maximum Gasteiger partial charge on any atom is 0.125 e. The van der Waals surface area contributed by atoms with Crippen LogP contribution in [0.1, 0.15) is 22.6 Å². The van der Waals surface area contributed by atoms with Crippen molar-refractivity contribution in [1.29, 1.82) is 0 Å². The zero-order valence-corrected chi connectivity index (χ0v) is 11.6. The molecule has 2 aromatic rings. The summed E-state index contributed by atoms with van der Waals surface area (Å²) in [5, 5.41) is 3.38. The van der Waals surface area contributed by atoms with Gasteiger partial charge in [0.1, 0.15) is 11.6 Å². The Labute approximate surface area is 113 Å². The predicted molar refractivity (Wildman–Crippen MR) is 75.0 cm³/mol. The highest BCUT2D eigenvalue weighted by Gasteiger charge is 2.03. The Morgan fingerprint density at radius 2 is 2.00 bits per heavy atom. The van der Waals surface area contributed by atoms with Crippen molar-refractivity contribution in [2.45, 2.75) is 26.9 Å². The van der Waals surface area contributed by atoms with Gasteiger partial charge in [-0.15, -0.1) is 0 Å². The molecule has 0 bridgehead atoms. The Hall–Kier alpha value is -1.94. The van der Waals surface area contributed by atoms with Crippen molar-refractivity contribution < 1.29 is 4.74 Å². The fourth-order valence-electron chi connectivity index (χ4n) is 1.97. The molecule has 1 aromatic carbocycles. The van der Waals surface area contributed by atoms with Gasteiger partial charge in [0.05, 0.1) is 12.8 Å². The van der Waals surface area contributed by atoms with E-state index in [0.29, 0.717) is 0 Å². The van der Waals surface area contributed by atoms with Crippen LogP contribution in [0.4, 0.5) is 0 Å². The molecule has 0 spiro atoms. The third kappa shape index (κ3) is 3.76. The highest BCUT2D eigenvalue weighted by atomic mass is 16.5. The quantitative estimate of drug-likeness (QED) is 0.893. The summed E-state index contributed by atoms with van der Waals surface area (Å²) in [6.07, 6.45) is 1.78. The van der Waals surface area contributed by atoms with Crippen LogP contribution < -0.4 is 10.1 Å². The maximum absolute atomic E-state index is 5.36. The standard InChI is InChI=1S/C15H19N3O/c1-11-4-5-15(19-3)13(8-11)9-16-10-14-6-7-17-12(2)18-14/h4-8,16H,9-10H2,1-3H3. The van der Waals surface area contributed by atoms with E-state index < -0.39 is 0 Å². The minimum absolute atomic E-state index is 0.723. The molecule has 0 unspecified atom stereocenters. The molecule has 0 saturated heterocycles. The van der Waals surface area contributed by atoms with Crippen molar-refractivity contribution in [3.63, 3.8) is 0 Å². The second-order valence-electron chi connectivity index (χ2n) is 4.51. The molecule has 0 aliphatic rings. The molecular formula is C15H19N3O. The van der Waals surface area contributed by atoms with Crippen LogP contribution in [0.3, 0.4) is 0 Å². The van der Waals surface area contributed by atoms with Gasteiger partial charge in [-0.2, -0.15) is 0 Å². The Morgan fingerprint density at radius 1 is 1.16 bits per heavy atom. The smallest absolute Gasteiger partial charge is 0.125 e. The van der Waals surface area contributed by atoms with Crippen LogP contribution in [0, 0.1) is 13.8 Å². The number of aromatic nitrogens is 2. The van der Waals surface area contributed by atoms with Crippen LogP contribution in [-0.2, 0) is 13.1 Å². The predicted octanol–water partition coefficient (Wildman–Crippen LogP) is 2.39. The highest BCUT2D eigenvalue weighted by Crippen LogP contribution is 2.19. The highest BCUT2D eigenvalue weighted by molar-refractivity contribution is 5.36. The number of nitrogens with zero attached hydrogens (tertiary/aromatic N) is 2. The third-order valence-corrected chi connectivity index (χ3v) is 2.89. The molecule has 19 heavy (non-hydrogen) atoms. The number of hydrogen-bond donors (Lipinski definition) is 1. The van der Waals surface area contributed by atoms with Crippen LogP contribution in [0.15, 0.2) is 30.5 Å². The lowest BCUT2D eigenvalue weighted by atomic mass is 10.1. The van der Waals surface area contributed by atoms with Gasteiger partial charge >= 0.3 is 0 Å². The molecule has 1 aromatic heterocycles. The summed E-state index contributed by atoms with van der Waals surface area (Å²) in [5.74, 6) is 1.71. The zero-order valence-electron chi connectivity index (χ0n) is 11.6. The molecule has 1 N–H and O–H groups in total. The van der Waals surface area contributed by atoms with E-state index in [2.05, 4.69) is 34.3 Å². The van der Waals surface area contributed by atoms with Crippen molar-refractivity contribution in [2.24, 2.45) is 0 Å². The molecule has 100 valence electrons. The first kappa shape index (κ1) is 13.5. The Morgan fingerprint density at radius 3 is 2.74 bits per heavy atom. The van der Waals surface area contributed by atoms with Crippen molar-refractivity contribution in [1.82, 2.24) is 15.3 Å². The number of ether oxygens (including phenoxy) is 1. The monoisotopic (exact) mass is 257 g/mol. The molecule has 0 radical (unpaired) electrons. The summed E-state index contributed by atoms with van der Waals surface area (Å²) in [6, 6.07) is 8.11. The Bertz CT molecular complexity index is 555. The third-order valence-electron chi connectivity index (χ3n) is 2.89. The lowest BCUT2D eigenvalue weighted by molar-refractivity contribution is 0.407. The number of rotatable bonds is 5. The van der Waals surface area contributed by atoms with Crippen molar-refractivity contribution in [2.75, 3.05) is 7.11 Å². The van der Waals surface area contributed by atoms with Crippen LogP contribution >= 0.6 is 0 Å². The topological polar surface area (TPSA) is 47.0 Å². The van der Waals surface area contributed by atoms with Gasteiger partial charge in [0.15, 0.2) is 0 Å². The van der Waals surface area contributed by atoms with E-state index in [0.717, 1.165) is 35.9 Å². The fraction of sp³-hybridized carbons (Fsp3) is 0.333. The van der Waals surface area contributed by atoms with Gasteiger partial charge in [0.25, 0.3) is 0 Å². The molecule has 0 fully saturated rings. The molecule has 1 heterocycles. The molecule has 2 rings (SSSR count). The minimum Gasteiger partial charge on any atom is -0.496 e. The lowest BCUT2D eigenvalue weighted by Gasteiger charge is -2.10. The molecule has 0 aliphatic heterocycles. The van der Waals surface area contributed by atoms with Gasteiger partial charge in [-0.25, -0.2) is 9.97 Å². The second kappa shape index (κ2) is 6.29. The SMILES string of the molecule is COc1ccc(C)cc1CNCc1ccnc(C)n1. The van der Waals surface area contributed by atoms with Crippen molar-refractivity contribution >= 4 is 0 Å². The summed E-state index contributed by atoms with van der Waals surface area (Å²) >= 11 is 0. The summed E-state index contributed by atoms with van der Waals surface area (Å²) in [6.45, 7) is 5.46. The normalized spacial score (nSPS) is 10.5. The lowest BCUT2D eigenvalue weighted by Crippen LogP contribution is -2.15. The first-order chi connectivity index (χ1) is 9.19. The van der Waals surface area contributed by atoms with Crippen molar-refractivity contribution in [3.05, 3.63) is 53.1 Å². The van der Waals surface area contributed by atoms with Gasteiger partial charge in [-0.05, 0) is 26.0 Å². The van der Waals surface area contributed by atoms with Crippen LogP contribution in [0.2, 0.25) is 0 Å². The van der Waals surface area contributed by atoms with E-state index in [-0.39, 0.29) is 0 Å². The first-order valence-electron chi connectivity index (χ1n) is 6.32. The van der Waals surface area contributed by atoms with Crippen LogP contribution in [0.25, 0.3) is 0 Å². The van der Waals surface area contributed by atoms with E-state index >= 15 is 0 Å². The van der Waals surface area contributed by atoms with Crippen molar-refractivity contribution in [3.8, 4) is 5.75 Å². The average Bonchev–Trinajstić information content (AvgIpc) is 2.39. The molecular weight excluding hydrogens is 238 g/mol. The summed E-state index contributed by atoms with van der Waals surface area (Å²) in [7, 11) is 1.70. The Balaban J connectivity index is 1.97. The number of methoxy groups -OCH3 is 1. The molecule has 0 atom stereocenters. The number of hydrogen-bond acceptors (Lipinski definition) is 4. The van der Waals surface area contributed by atoms with Gasteiger partial charge in [-0.1, -0.05) is 17.7 Å².